The molecule has 2 aromatic heterocycles. The molecule has 1 aliphatic heterocycles. The zero-order chi connectivity index (χ0) is 28.5. The van der Waals surface area contributed by atoms with Crippen molar-refractivity contribution < 1.29 is 24.5 Å². The van der Waals surface area contributed by atoms with E-state index in [4.69, 9.17) is 14.9 Å². The van der Waals surface area contributed by atoms with Crippen LogP contribution in [0.3, 0.4) is 0 Å². The topological polar surface area (TPSA) is 134 Å². The van der Waals surface area contributed by atoms with E-state index in [1.165, 1.54) is 16.8 Å². The number of hydrogen-bond donors (Lipinski definition) is 2. The lowest BCUT2D eigenvalue weighted by Gasteiger charge is -2.42. The molecule has 1 saturated heterocycles. The average molecular weight is 539 g/mol. The summed E-state index contributed by atoms with van der Waals surface area (Å²) < 4.78 is 7.83. The molecule has 0 bridgehead atoms. The largest absolute Gasteiger partial charge is 0.491 e. The van der Waals surface area contributed by atoms with E-state index in [1.54, 1.807) is 12.4 Å². The zero-order valence-corrected chi connectivity index (χ0v) is 23.2. The number of nitrogens with zero attached hydrogens (tertiary/aromatic N) is 6. The van der Waals surface area contributed by atoms with Crippen molar-refractivity contribution in [3.05, 3.63) is 65.4 Å². The van der Waals surface area contributed by atoms with Crippen LogP contribution in [0.1, 0.15) is 55.2 Å². The minimum absolute atomic E-state index is 0.167. The fourth-order valence-electron chi connectivity index (χ4n) is 4.49. The minimum atomic E-state index is -1.08. The molecule has 11 heteroatoms. The van der Waals surface area contributed by atoms with Crippen LogP contribution in [0.15, 0.2) is 42.9 Å². The number of ether oxygens (including phenoxy) is 1. The van der Waals surface area contributed by atoms with Crippen LogP contribution in [0, 0.1) is 13.8 Å². The Morgan fingerprint density at radius 3 is 2.23 bits per heavy atom. The van der Waals surface area contributed by atoms with Gasteiger partial charge in [0.1, 0.15) is 11.6 Å². The second kappa shape index (κ2) is 13.7. The number of aryl methyl sites for hydroxylation is 2. The summed E-state index contributed by atoms with van der Waals surface area (Å²) in [6.07, 6.45) is 4.91. The van der Waals surface area contributed by atoms with E-state index in [2.05, 4.69) is 63.0 Å². The highest BCUT2D eigenvalue weighted by molar-refractivity contribution is 5.75. The summed E-state index contributed by atoms with van der Waals surface area (Å²) in [5.41, 5.74) is 4.94. The molecule has 3 aromatic rings. The van der Waals surface area contributed by atoms with Crippen LogP contribution in [-0.4, -0.2) is 72.5 Å². The van der Waals surface area contributed by atoms with Crippen molar-refractivity contribution in [3.63, 3.8) is 0 Å². The lowest BCUT2D eigenvalue weighted by Crippen LogP contribution is -2.48. The lowest BCUT2D eigenvalue weighted by molar-refractivity contribution is -0.143. The van der Waals surface area contributed by atoms with Crippen LogP contribution in [0.25, 0.3) is 0 Å². The lowest BCUT2D eigenvalue weighted by atomic mass is 10.0. The van der Waals surface area contributed by atoms with Crippen LogP contribution in [0.2, 0.25) is 0 Å². The summed E-state index contributed by atoms with van der Waals surface area (Å²) in [6.45, 7) is 12.0. The van der Waals surface area contributed by atoms with Crippen molar-refractivity contribution >= 4 is 17.8 Å². The maximum absolute atomic E-state index is 9.64. The molecule has 39 heavy (non-hydrogen) atoms. The normalized spacial score (nSPS) is 15.5. The van der Waals surface area contributed by atoms with Crippen molar-refractivity contribution in [2.75, 3.05) is 24.5 Å². The van der Waals surface area contributed by atoms with E-state index in [-0.39, 0.29) is 25.0 Å². The first-order valence-corrected chi connectivity index (χ1v) is 13.0. The van der Waals surface area contributed by atoms with E-state index in [1.807, 2.05) is 31.8 Å². The quantitative estimate of drug-likeness (QED) is 0.416. The first kappa shape index (κ1) is 29.6. The van der Waals surface area contributed by atoms with Crippen molar-refractivity contribution in [3.8, 4) is 5.75 Å². The van der Waals surface area contributed by atoms with Crippen LogP contribution < -0.4 is 9.64 Å². The first-order chi connectivity index (χ1) is 18.5. The van der Waals surface area contributed by atoms with Gasteiger partial charge in [-0.05, 0) is 45.4 Å². The van der Waals surface area contributed by atoms with Gasteiger partial charge in [0.05, 0.1) is 36.9 Å². The third-order valence-electron chi connectivity index (χ3n) is 6.57. The van der Waals surface area contributed by atoms with Gasteiger partial charge in [-0.1, -0.05) is 12.1 Å². The van der Waals surface area contributed by atoms with Gasteiger partial charge < -0.3 is 19.8 Å². The molecule has 1 aliphatic rings. The number of aliphatic carboxylic acids is 2. The molecule has 210 valence electrons. The van der Waals surface area contributed by atoms with E-state index in [9.17, 15) is 9.59 Å². The Labute approximate surface area is 229 Å². The zero-order valence-electron chi connectivity index (χ0n) is 23.2. The Balaban J connectivity index is 0.000000459. The molecule has 11 nitrogen and oxygen atoms in total. The van der Waals surface area contributed by atoms with Gasteiger partial charge in [-0.3, -0.25) is 24.2 Å². The number of hydrogen-bond acceptors (Lipinski definition) is 8. The first-order valence-electron chi connectivity index (χ1n) is 13.0. The molecule has 0 radical (unpaired) electrons. The highest BCUT2D eigenvalue weighted by Gasteiger charge is 2.30. The number of carbonyl (C=O) groups is 2. The van der Waals surface area contributed by atoms with Gasteiger partial charge in [0.2, 0.25) is 0 Å². The van der Waals surface area contributed by atoms with Crippen molar-refractivity contribution in [1.29, 1.82) is 0 Å². The Morgan fingerprint density at radius 1 is 1.05 bits per heavy atom. The summed E-state index contributed by atoms with van der Waals surface area (Å²) >= 11 is 0. The van der Waals surface area contributed by atoms with E-state index < -0.39 is 11.9 Å². The Hall–Kier alpha value is -3.99. The van der Waals surface area contributed by atoms with Crippen LogP contribution in [0.5, 0.6) is 5.75 Å². The standard InChI is InChI=1S/C24H32N6O.C4H6O4/c1-17(2)31-21-8-6-20(7-9-21)23-16-30(24-14-25-10-11-26-24)13-12-29(23)15-22-18(3)27-28(5)19(22)4;5-3(6)1-2-4(7)8/h6-11,14,17,23H,12-13,15-16H2,1-5H3;1-2H2,(H,5,6)(H,7,8). The van der Waals surface area contributed by atoms with Gasteiger partial charge in [-0.15, -0.1) is 0 Å². The summed E-state index contributed by atoms with van der Waals surface area (Å²) in [5.74, 6) is -0.314. The molecular formula is C28H38N6O5. The second-order valence-corrected chi connectivity index (χ2v) is 9.79. The summed E-state index contributed by atoms with van der Waals surface area (Å²) in [7, 11) is 2.02. The Kier molecular flexibility index (Phi) is 10.4. The van der Waals surface area contributed by atoms with Crippen LogP contribution in [-0.2, 0) is 23.2 Å². The Bertz CT molecular complexity index is 1220. The van der Waals surface area contributed by atoms with Gasteiger partial charge in [-0.25, -0.2) is 4.98 Å². The predicted molar refractivity (Wildman–Crippen MR) is 147 cm³/mol. The van der Waals surface area contributed by atoms with E-state index >= 15 is 0 Å². The SMILES string of the molecule is Cc1nn(C)c(C)c1CN1CCN(c2cnccn2)CC1c1ccc(OC(C)C)cc1.O=C(O)CCC(=O)O. The molecule has 0 aliphatic carbocycles. The number of piperazine rings is 1. The van der Waals surface area contributed by atoms with Crippen LogP contribution in [0.4, 0.5) is 5.82 Å². The average Bonchev–Trinajstić information content (AvgIpc) is 3.14. The highest BCUT2D eigenvalue weighted by atomic mass is 16.5. The van der Waals surface area contributed by atoms with Crippen molar-refractivity contribution in [2.24, 2.45) is 7.05 Å². The maximum Gasteiger partial charge on any atom is 0.303 e. The smallest absolute Gasteiger partial charge is 0.303 e. The fourth-order valence-corrected chi connectivity index (χ4v) is 4.49. The van der Waals surface area contributed by atoms with Gasteiger partial charge >= 0.3 is 11.9 Å². The number of carboxylic acids is 2. The summed E-state index contributed by atoms with van der Waals surface area (Å²) in [6, 6.07) is 8.78. The van der Waals surface area contributed by atoms with Gasteiger partial charge in [0.15, 0.2) is 0 Å². The van der Waals surface area contributed by atoms with Gasteiger partial charge in [0, 0.05) is 56.9 Å². The van der Waals surface area contributed by atoms with Crippen molar-refractivity contribution in [2.45, 2.75) is 59.2 Å². The van der Waals surface area contributed by atoms with Crippen LogP contribution >= 0.6 is 0 Å². The number of carboxylic acid groups (broad SMARTS) is 2. The summed E-state index contributed by atoms with van der Waals surface area (Å²) in [4.78, 5) is 33.0. The molecule has 3 heterocycles. The summed E-state index contributed by atoms with van der Waals surface area (Å²) in [5, 5.41) is 20.4. The number of benzene rings is 1. The number of rotatable bonds is 9. The molecular weight excluding hydrogens is 500 g/mol. The number of aromatic nitrogens is 4. The van der Waals surface area contributed by atoms with Crippen molar-refractivity contribution in [1.82, 2.24) is 24.6 Å². The predicted octanol–water partition coefficient (Wildman–Crippen LogP) is 3.61. The molecule has 2 N–H and O–H groups in total. The Morgan fingerprint density at radius 2 is 1.72 bits per heavy atom. The highest BCUT2D eigenvalue weighted by Crippen LogP contribution is 2.31. The van der Waals surface area contributed by atoms with E-state index in [0.29, 0.717) is 0 Å². The maximum atomic E-state index is 9.64. The molecule has 1 unspecified atom stereocenters. The molecule has 1 atom stereocenters. The van der Waals surface area contributed by atoms with E-state index in [0.717, 1.165) is 43.4 Å². The third kappa shape index (κ3) is 8.51. The molecule has 0 saturated carbocycles. The molecule has 1 aromatic carbocycles. The van der Waals surface area contributed by atoms with Gasteiger partial charge in [0.25, 0.3) is 0 Å². The molecule has 0 amide bonds. The molecule has 4 rings (SSSR count). The third-order valence-corrected chi connectivity index (χ3v) is 6.57. The second-order valence-electron chi connectivity index (χ2n) is 9.79. The molecule has 1 fully saturated rings. The monoisotopic (exact) mass is 538 g/mol. The molecule has 0 spiro atoms. The minimum Gasteiger partial charge on any atom is -0.491 e. The fraction of sp³-hybridized carbons (Fsp3) is 0.464. The van der Waals surface area contributed by atoms with Gasteiger partial charge in [-0.2, -0.15) is 5.10 Å². The number of anilines is 1.